The predicted molar refractivity (Wildman–Crippen MR) is 127 cm³/mol. The Hall–Kier alpha value is -2.64. The molecule has 0 bridgehead atoms. The van der Waals surface area contributed by atoms with Gasteiger partial charge in [-0.2, -0.15) is 4.39 Å². The zero-order valence-corrected chi connectivity index (χ0v) is 21.1. The van der Waals surface area contributed by atoms with Crippen LogP contribution in [-0.4, -0.2) is 46.7 Å². The van der Waals surface area contributed by atoms with Crippen LogP contribution in [0.15, 0.2) is 39.4 Å². The van der Waals surface area contributed by atoms with Crippen LogP contribution < -0.4 is 14.9 Å². The Morgan fingerprint density at radius 2 is 1.97 bits per heavy atom. The van der Waals surface area contributed by atoms with Crippen molar-refractivity contribution in [3.63, 3.8) is 0 Å². The Balaban J connectivity index is 1.23. The maximum Gasteiger partial charge on any atom is 0.460 e. The number of pyridine rings is 1. The molecule has 1 fully saturated rings. The number of rotatable bonds is 7. The molecule has 0 atom stereocenters. The van der Waals surface area contributed by atoms with E-state index in [1.807, 2.05) is 0 Å². The predicted octanol–water partition coefficient (Wildman–Crippen LogP) is 2.57. The molecule has 0 aliphatic carbocycles. The van der Waals surface area contributed by atoms with E-state index in [4.69, 9.17) is 4.74 Å². The van der Waals surface area contributed by atoms with Gasteiger partial charge in [0.2, 0.25) is 11.0 Å². The molecule has 34 heavy (non-hydrogen) atoms. The molecule has 1 aliphatic rings. The van der Waals surface area contributed by atoms with Crippen LogP contribution in [-0.2, 0) is 16.1 Å². The summed E-state index contributed by atoms with van der Waals surface area (Å²) in [7, 11) is 0. The highest BCUT2D eigenvalue weighted by atomic mass is 79.9. The van der Waals surface area contributed by atoms with Crippen LogP contribution in [0.1, 0.15) is 24.8 Å². The molecule has 1 aromatic carbocycles. The normalized spacial score (nSPS) is 14.9. The third-order valence-electron chi connectivity index (χ3n) is 5.46. The van der Waals surface area contributed by atoms with E-state index in [9.17, 15) is 19.6 Å². The summed E-state index contributed by atoms with van der Waals surface area (Å²) in [6.45, 7) is 1.86. The number of carbonyl (C=O) groups is 1. The lowest BCUT2D eigenvalue weighted by atomic mass is 10.1. The molecule has 3 heterocycles. The second kappa shape index (κ2) is 10.7. The highest BCUT2D eigenvalue weighted by Crippen LogP contribution is 2.20. The van der Waals surface area contributed by atoms with E-state index in [1.165, 1.54) is 18.3 Å². The van der Waals surface area contributed by atoms with Gasteiger partial charge in [-0.3, -0.25) is 15.0 Å². The quantitative estimate of drug-likeness (QED) is 0.190. The summed E-state index contributed by atoms with van der Waals surface area (Å²) in [6, 6.07) is 6.37. The number of nitrogens with zero attached hydrogens (tertiary/aromatic N) is 5. The van der Waals surface area contributed by atoms with Gasteiger partial charge in [0.1, 0.15) is 6.10 Å². The van der Waals surface area contributed by atoms with E-state index in [-0.39, 0.29) is 36.1 Å². The molecule has 1 N–H and O–H groups in total. The maximum absolute atomic E-state index is 13.9. The number of nitrogens with one attached hydrogen (secondary N) is 1. The van der Waals surface area contributed by atoms with Crippen LogP contribution >= 0.6 is 31.9 Å². The fraction of sp³-hybridized carbons (Fsp3) is 0.381. The maximum atomic E-state index is 13.9. The number of ether oxygens (including phenoxy) is 1. The Kier molecular flexibility index (Phi) is 7.73. The average Bonchev–Trinajstić information content (AvgIpc) is 2.81. The van der Waals surface area contributed by atoms with Crippen molar-refractivity contribution in [2.24, 2.45) is 0 Å². The van der Waals surface area contributed by atoms with E-state index < -0.39 is 11.9 Å². The molecule has 0 unspecified atom stereocenters. The molecule has 4 rings (SSSR count). The highest BCUT2D eigenvalue weighted by Gasteiger charge is 2.24. The molecule has 1 saturated heterocycles. The Morgan fingerprint density at radius 3 is 2.74 bits per heavy atom. The summed E-state index contributed by atoms with van der Waals surface area (Å²) in [4.78, 5) is 18.4. The largest absolute Gasteiger partial charge is 0.739 e. The highest BCUT2D eigenvalue weighted by molar-refractivity contribution is 9.10. The van der Waals surface area contributed by atoms with Crippen LogP contribution in [0.5, 0.6) is 0 Å². The molecule has 0 radical (unpaired) electrons. The van der Waals surface area contributed by atoms with Gasteiger partial charge >= 0.3 is 17.4 Å². The Bertz CT molecular complexity index is 1210. The second-order valence-corrected chi connectivity index (χ2v) is 9.70. The van der Waals surface area contributed by atoms with Crippen molar-refractivity contribution in [2.45, 2.75) is 31.9 Å². The van der Waals surface area contributed by atoms with Gasteiger partial charge in [-0.1, -0.05) is 15.9 Å². The van der Waals surface area contributed by atoms with Crippen LogP contribution in [0.3, 0.4) is 0 Å². The van der Waals surface area contributed by atoms with E-state index in [0.29, 0.717) is 52.1 Å². The van der Waals surface area contributed by atoms with Crippen LogP contribution in [0.25, 0.3) is 11.0 Å². The minimum Gasteiger partial charge on any atom is -0.739 e. The number of esters is 1. The monoisotopic (exact) mass is 598 g/mol. The van der Waals surface area contributed by atoms with Gasteiger partial charge in [-0.05, 0) is 47.0 Å². The summed E-state index contributed by atoms with van der Waals surface area (Å²) in [5.41, 5.74) is 0.795. The number of hydrogen-bond donors (Lipinski definition) is 1. The molecule has 13 heteroatoms. The number of carbonyl (C=O) groups excluding carboxylic acids is 1. The van der Waals surface area contributed by atoms with Crippen LogP contribution in [0.2, 0.25) is 0 Å². The first-order chi connectivity index (χ1) is 16.3. The van der Waals surface area contributed by atoms with E-state index in [1.54, 1.807) is 12.1 Å². The summed E-state index contributed by atoms with van der Waals surface area (Å²) in [5, 5.41) is 31.0. The van der Waals surface area contributed by atoms with Crippen LogP contribution in [0, 0.1) is 16.4 Å². The number of likely N-dealkylation sites (tertiary alicyclic amines) is 1. The summed E-state index contributed by atoms with van der Waals surface area (Å²) < 4.78 is 21.3. The molecule has 0 spiro atoms. The van der Waals surface area contributed by atoms with Gasteiger partial charge in [0.05, 0.1) is 13.0 Å². The summed E-state index contributed by atoms with van der Waals surface area (Å²) in [5.74, 6) is -1.09. The van der Waals surface area contributed by atoms with Gasteiger partial charge in [0, 0.05) is 51.3 Å². The van der Waals surface area contributed by atoms with Gasteiger partial charge in [0.15, 0.2) is 5.52 Å². The molecule has 0 amide bonds. The number of piperidine rings is 1. The number of aromatic nitrogens is 4. The first-order valence-corrected chi connectivity index (χ1v) is 12.2. The van der Waals surface area contributed by atoms with Crippen LogP contribution in [0.4, 0.5) is 10.3 Å². The molecule has 2 aromatic heterocycles. The number of halogens is 3. The molecule has 180 valence electrons. The first kappa shape index (κ1) is 24.5. The van der Waals surface area contributed by atoms with E-state index >= 15 is 0 Å². The summed E-state index contributed by atoms with van der Waals surface area (Å²) in [6.07, 6.45) is 2.48. The molecule has 10 nitrogen and oxygen atoms in total. The molecular weight excluding hydrogens is 579 g/mol. The number of benzene rings is 1. The lowest BCUT2D eigenvalue weighted by molar-refractivity contribution is -0.672. The zero-order chi connectivity index (χ0) is 24.2. The minimum absolute atomic E-state index is 0.00799. The number of fused-ring (bicyclic) bond motifs is 1. The topological polar surface area (TPSA) is 121 Å². The molecular formula is C21H21Br2FN6O4. The van der Waals surface area contributed by atoms with E-state index in [0.717, 1.165) is 4.47 Å². The lowest BCUT2D eigenvalue weighted by Gasteiger charge is -2.31. The lowest BCUT2D eigenvalue weighted by Crippen LogP contribution is -2.44. The van der Waals surface area contributed by atoms with E-state index in [2.05, 4.69) is 52.2 Å². The number of anilines is 1. The van der Waals surface area contributed by atoms with Crippen molar-refractivity contribution >= 4 is 54.8 Å². The SMILES string of the molecule is O=C(CCNc1n[n+]([O-])c2cc(Br)ccc2[n+]1[O-])OC1CCN(Cc2cc(Br)cnc2F)CC1. The molecule has 0 saturated carbocycles. The van der Waals surface area contributed by atoms with Crippen molar-refractivity contribution in [1.82, 2.24) is 15.0 Å². The van der Waals surface area contributed by atoms with Crippen molar-refractivity contribution in [3.05, 3.63) is 61.3 Å². The van der Waals surface area contributed by atoms with Gasteiger partial charge in [-0.15, -0.1) is 0 Å². The fourth-order valence-corrected chi connectivity index (χ4v) is 4.47. The smallest absolute Gasteiger partial charge is 0.460 e. The van der Waals surface area contributed by atoms with Gasteiger partial charge in [0.25, 0.3) is 0 Å². The van der Waals surface area contributed by atoms with Crippen molar-refractivity contribution < 1.29 is 23.5 Å². The average molecular weight is 600 g/mol. The van der Waals surface area contributed by atoms with Crippen molar-refractivity contribution in [3.8, 4) is 0 Å². The third-order valence-corrected chi connectivity index (χ3v) is 6.38. The van der Waals surface area contributed by atoms with Gasteiger partial charge < -0.3 is 15.2 Å². The first-order valence-electron chi connectivity index (χ1n) is 10.6. The van der Waals surface area contributed by atoms with Crippen molar-refractivity contribution in [2.75, 3.05) is 25.0 Å². The summed E-state index contributed by atoms with van der Waals surface area (Å²) >= 11 is 6.55. The third kappa shape index (κ3) is 5.88. The Morgan fingerprint density at radius 1 is 1.21 bits per heavy atom. The Labute approximate surface area is 211 Å². The molecule has 1 aliphatic heterocycles. The van der Waals surface area contributed by atoms with Gasteiger partial charge in [-0.25, -0.2) is 9.71 Å². The zero-order valence-electron chi connectivity index (χ0n) is 17.9. The minimum atomic E-state index is -0.486. The fourth-order valence-electron chi connectivity index (χ4n) is 3.75. The standard InChI is InChI=1S/C21H21Br2FN6O4/c22-14-1-2-17-18(10-14)30(33)27-21(29(17)32)25-6-3-19(31)34-16-4-7-28(8-5-16)12-13-9-15(23)11-26-20(13)24/h1-2,9-11,16H,3-8,12H2,(H,25,27). The second-order valence-electron chi connectivity index (χ2n) is 7.87. The number of hydrogen-bond acceptors (Lipinski definition) is 8. The van der Waals surface area contributed by atoms with Crippen molar-refractivity contribution in [1.29, 1.82) is 0 Å². The molecule has 3 aromatic rings.